The van der Waals surface area contributed by atoms with E-state index < -0.39 is 18.6 Å². The molecule has 0 aromatic heterocycles. The second kappa shape index (κ2) is 5.39. The van der Waals surface area contributed by atoms with Crippen LogP contribution in [0.5, 0.6) is 0 Å². The number of hydrogen-bond acceptors (Lipinski definition) is 4. The van der Waals surface area contributed by atoms with Crippen molar-refractivity contribution in [2.24, 2.45) is 5.73 Å². The maximum Gasteiger partial charge on any atom is 0.243 e. The predicted molar refractivity (Wildman–Crippen MR) is 60.1 cm³/mol. The summed E-state index contributed by atoms with van der Waals surface area (Å²) in [5.41, 5.74) is 6.44. The summed E-state index contributed by atoms with van der Waals surface area (Å²) in [6, 6.07) is 5.51. The zero-order chi connectivity index (χ0) is 12.1. The molecule has 5 nitrogen and oxygen atoms in total. The lowest BCUT2D eigenvalue weighted by atomic mass is 10.1. The number of rotatable bonds is 4. The molecule has 1 rings (SSSR count). The van der Waals surface area contributed by atoms with E-state index in [-0.39, 0.29) is 5.78 Å². The molecule has 4 N–H and O–H groups in total. The third kappa shape index (κ3) is 3.15. The highest BCUT2D eigenvalue weighted by Gasteiger charge is 2.11. The molecule has 1 atom stereocenters. The summed E-state index contributed by atoms with van der Waals surface area (Å²) in [6.45, 7) is 1.06. The maximum absolute atomic E-state index is 11.3. The predicted octanol–water partition coefficient (Wildman–Crippen LogP) is 0.147. The first-order chi connectivity index (χ1) is 7.54. The number of carbonyl (C=O) groups is 2. The first-order valence-corrected chi connectivity index (χ1v) is 4.83. The Morgan fingerprint density at radius 1 is 1.38 bits per heavy atom. The number of nitrogens with two attached hydrogens (primary N) is 1. The normalized spacial score (nSPS) is 11.9. The lowest BCUT2D eigenvalue weighted by molar-refractivity contribution is -0.118. The smallest absolute Gasteiger partial charge is 0.243 e. The molecule has 0 saturated carbocycles. The Bertz CT molecular complexity index is 387. The van der Waals surface area contributed by atoms with E-state index in [1.165, 1.54) is 6.92 Å². The van der Waals surface area contributed by atoms with Crippen LogP contribution >= 0.6 is 0 Å². The largest absolute Gasteiger partial charge is 0.394 e. The molecular formula is C11H14N2O3. The molecule has 16 heavy (non-hydrogen) atoms. The van der Waals surface area contributed by atoms with Gasteiger partial charge >= 0.3 is 0 Å². The monoisotopic (exact) mass is 222 g/mol. The first-order valence-electron chi connectivity index (χ1n) is 4.83. The summed E-state index contributed by atoms with van der Waals surface area (Å²) in [5.74, 6) is -0.497. The van der Waals surface area contributed by atoms with Crippen LogP contribution in [0.3, 0.4) is 0 Å². The van der Waals surface area contributed by atoms with Crippen molar-refractivity contribution < 1.29 is 14.7 Å². The Balaban J connectivity index is 2.69. The Kier molecular flexibility index (Phi) is 4.16. The second-order valence-electron chi connectivity index (χ2n) is 3.41. The lowest BCUT2D eigenvalue weighted by Crippen LogP contribution is -2.38. The number of carbonyl (C=O) groups excluding carboxylic acids is 2. The number of nitrogens with one attached hydrogen (secondary N) is 1. The minimum atomic E-state index is -0.938. The zero-order valence-corrected chi connectivity index (χ0v) is 8.93. The van der Waals surface area contributed by atoms with Crippen molar-refractivity contribution >= 4 is 17.4 Å². The summed E-state index contributed by atoms with van der Waals surface area (Å²) in [6.07, 6.45) is 0. The van der Waals surface area contributed by atoms with Gasteiger partial charge in [0.15, 0.2) is 5.78 Å². The molecule has 0 heterocycles. The molecule has 0 fully saturated rings. The number of anilines is 1. The quantitative estimate of drug-likeness (QED) is 0.632. The van der Waals surface area contributed by atoms with E-state index in [1.807, 2.05) is 0 Å². The van der Waals surface area contributed by atoms with Crippen LogP contribution in [-0.4, -0.2) is 29.4 Å². The third-order valence-corrected chi connectivity index (χ3v) is 2.09. The van der Waals surface area contributed by atoms with Gasteiger partial charge in [-0.15, -0.1) is 0 Å². The van der Waals surface area contributed by atoms with Crippen molar-refractivity contribution in [3.63, 3.8) is 0 Å². The Morgan fingerprint density at radius 2 is 1.94 bits per heavy atom. The summed E-state index contributed by atoms with van der Waals surface area (Å²) < 4.78 is 0. The second-order valence-corrected chi connectivity index (χ2v) is 3.41. The highest BCUT2D eigenvalue weighted by Crippen LogP contribution is 2.10. The highest BCUT2D eigenvalue weighted by atomic mass is 16.3. The van der Waals surface area contributed by atoms with E-state index in [2.05, 4.69) is 5.32 Å². The fourth-order valence-corrected chi connectivity index (χ4v) is 1.11. The molecule has 0 aliphatic carbocycles. The van der Waals surface area contributed by atoms with Gasteiger partial charge in [-0.1, -0.05) is 0 Å². The van der Waals surface area contributed by atoms with Crippen LogP contribution in [0.4, 0.5) is 5.69 Å². The van der Waals surface area contributed by atoms with Gasteiger partial charge < -0.3 is 16.2 Å². The standard InChI is InChI=1S/C11H14N2O3/c1-7(15)8-2-4-9(5-3-8)13-11(16)10(12)6-14/h2-5,10,14H,6,12H2,1H3,(H,13,16). The van der Waals surface area contributed by atoms with E-state index in [0.29, 0.717) is 11.3 Å². The Morgan fingerprint density at radius 3 is 2.38 bits per heavy atom. The van der Waals surface area contributed by atoms with Gasteiger partial charge in [-0.25, -0.2) is 0 Å². The van der Waals surface area contributed by atoms with Crippen molar-refractivity contribution in [1.82, 2.24) is 0 Å². The minimum Gasteiger partial charge on any atom is -0.394 e. The summed E-state index contributed by atoms with van der Waals surface area (Å²) >= 11 is 0. The van der Waals surface area contributed by atoms with Crippen molar-refractivity contribution in [3.05, 3.63) is 29.8 Å². The number of hydrogen-bond donors (Lipinski definition) is 3. The van der Waals surface area contributed by atoms with Crippen molar-refractivity contribution in [3.8, 4) is 0 Å². The van der Waals surface area contributed by atoms with Gasteiger partial charge in [-0.3, -0.25) is 9.59 Å². The molecule has 0 bridgehead atoms. The van der Waals surface area contributed by atoms with Crippen LogP contribution in [0.2, 0.25) is 0 Å². The van der Waals surface area contributed by atoms with Crippen molar-refractivity contribution in [1.29, 1.82) is 0 Å². The molecule has 0 aliphatic rings. The van der Waals surface area contributed by atoms with Crippen LogP contribution < -0.4 is 11.1 Å². The molecular weight excluding hydrogens is 208 g/mol. The maximum atomic E-state index is 11.3. The topological polar surface area (TPSA) is 92.4 Å². The van der Waals surface area contributed by atoms with Crippen LogP contribution in [-0.2, 0) is 4.79 Å². The molecule has 0 saturated heterocycles. The number of aliphatic hydroxyl groups is 1. The van der Waals surface area contributed by atoms with Gasteiger partial charge in [0.05, 0.1) is 6.61 Å². The summed E-state index contributed by atoms with van der Waals surface area (Å²) in [4.78, 5) is 22.3. The molecule has 1 unspecified atom stereocenters. The van der Waals surface area contributed by atoms with E-state index in [4.69, 9.17) is 10.8 Å². The first kappa shape index (κ1) is 12.4. The molecule has 0 spiro atoms. The van der Waals surface area contributed by atoms with Gasteiger partial charge in [0.1, 0.15) is 6.04 Å². The van der Waals surface area contributed by atoms with Gasteiger partial charge in [0.2, 0.25) is 5.91 Å². The molecule has 1 aromatic carbocycles. The SMILES string of the molecule is CC(=O)c1ccc(NC(=O)C(N)CO)cc1. The molecule has 0 radical (unpaired) electrons. The average Bonchev–Trinajstić information content (AvgIpc) is 2.28. The molecule has 1 amide bonds. The van der Waals surface area contributed by atoms with Gasteiger partial charge in [-0.2, -0.15) is 0 Å². The van der Waals surface area contributed by atoms with Crippen LogP contribution in [0.15, 0.2) is 24.3 Å². The fourth-order valence-electron chi connectivity index (χ4n) is 1.11. The van der Waals surface area contributed by atoms with Crippen LogP contribution in [0, 0.1) is 0 Å². The van der Waals surface area contributed by atoms with E-state index in [1.54, 1.807) is 24.3 Å². The number of amides is 1. The fraction of sp³-hybridized carbons (Fsp3) is 0.273. The Labute approximate surface area is 93.3 Å². The van der Waals surface area contributed by atoms with Crippen LogP contribution in [0.1, 0.15) is 17.3 Å². The lowest BCUT2D eigenvalue weighted by Gasteiger charge is -2.09. The highest BCUT2D eigenvalue weighted by molar-refractivity contribution is 5.97. The average molecular weight is 222 g/mol. The zero-order valence-electron chi connectivity index (χ0n) is 8.93. The van der Waals surface area contributed by atoms with Crippen molar-refractivity contribution in [2.45, 2.75) is 13.0 Å². The molecule has 0 aliphatic heterocycles. The van der Waals surface area contributed by atoms with Gasteiger partial charge in [-0.05, 0) is 31.2 Å². The third-order valence-electron chi connectivity index (χ3n) is 2.09. The van der Waals surface area contributed by atoms with Gasteiger partial charge in [0.25, 0.3) is 0 Å². The van der Waals surface area contributed by atoms with E-state index in [0.717, 1.165) is 0 Å². The number of benzene rings is 1. The number of Topliss-reactive ketones (excluding diaryl/α,β-unsaturated/α-hetero) is 1. The Hall–Kier alpha value is -1.72. The van der Waals surface area contributed by atoms with Crippen LogP contribution in [0.25, 0.3) is 0 Å². The molecule has 5 heteroatoms. The van der Waals surface area contributed by atoms with E-state index in [9.17, 15) is 9.59 Å². The molecule has 86 valence electrons. The van der Waals surface area contributed by atoms with E-state index >= 15 is 0 Å². The number of ketones is 1. The summed E-state index contributed by atoms with van der Waals surface area (Å²) in [5, 5.41) is 11.2. The minimum absolute atomic E-state index is 0.0371. The van der Waals surface area contributed by atoms with Gasteiger partial charge in [0, 0.05) is 11.3 Å². The number of aliphatic hydroxyl groups excluding tert-OH is 1. The molecule has 1 aromatic rings. The summed E-state index contributed by atoms with van der Waals surface area (Å²) in [7, 11) is 0. The van der Waals surface area contributed by atoms with Crippen molar-refractivity contribution in [2.75, 3.05) is 11.9 Å².